The summed E-state index contributed by atoms with van der Waals surface area (Å²) in [5.74, 6) is -0.855. The standard InChI is InChI=1S/C19H20N2O3/c1-21(2)5-3-14-9-17(16-4-6-24-12-18(14)16)15-7-13(8-19(22)23)10-20-11-15/h4,6-7,9-12H,3,5,8H2,1-2H3,(H,22,23). The van der Waals surface area contributed by atoms with E-state index in [1.54, 1.807) is 24.9 Å². The number of rotatable bonds is 6. The van der Waals surface area contributed by atoms with Gasteiger partial charge in [-0.2, -0.15) is 0 Å². The second-order valence-corrected chi connectivity index (χ2v) is 6.17. The second-order valence-electron chi connectivity index (χ2n) is 6.17. The van der Waals surface area contributed by atoms with Crippen molar-refractivity contribution in [2.24, 2.45) is 0 Å². The molecule has 0 bridgehead atoms. The fourth-order valence-electron chi connectivity index (χ4n) is 2.88. The van der Waals surface area contributed by atoms with Crippen molar-refractivity contribution in [3.63, 3.8) is 0 Å². The molecule has 0 fully saturated rings. The number of hydrogen-bond donors (Lipinski definition) is 1. The van der Waals surface area contributed by atoms with E-state index in [2.05, 4.69) is 30.0 Å². The first kappa shape index (κ1) is 16.2. The molecule has 5 heteroatoms. The van der Waals surface area contributed by atoms with Gasteiger partial charge in [0.1, 0.15) is 0 Å². The fourth-order valence-corrected chi connectivity index (χ4v) is 2.88. The van der Waals surface area contributed by atoms with Crippen LogP contribution in [0.5, 0.6) is 0 Å². The molecule has 1 aromatic rings. The molecular weight excluding hydrogens is 304 g/mol. The van der Waals surface area contributed by atoms with Crippen LogP contribution in [0.1, 0.15) is 11.1 Å². The van der Waals surface area contributed by atoms with Gasteiger partial charge in [-0.15, -0.1) is 0 Å². The van der Waals surface area contributed by atoms with Crippen molar-refractivity contribution in [1.29, 1.82) is 0 Å². The monoisotopic (exact) mass is 324 g/mol. The zero-order valence-electron chi connectivity index (χ0n) is 13.8. The Balaban J connectivity index is 2.01. The first-order valence-electron chi connectivity index (χ1n) is 7.83. The predicted molar refractivity (Wildman–Crippen MR) is 92.2 cm³/mol. The molecule has 5 nitrogen and oxygen atoms in total. The summed E-state index contributed by atoms with van der Waals surface area (Å²) < 4.78 is 5.36. The lowest BCUT2D eigenvalue weighted by molar-refractivity contribution is -0.136. The summed E-state index contributed by atoms with van der Waals surface area (Å²) in [7, 11) is 4.10. The molecule has 2 aliphatic rings. The largest absolute Gasteiger partial charge is 0.481 e. The van der Waals surface area contributed by atoms with Gasteiger partial charge in [-0.05, 0) is 61.0 Å². The number of pyridine rings is 1. The maximum absolute atomic E-state index is 10.9. The van der Waals surface area contributed by atoms with Crippen molar-refractivity contribution in [2.75, 3.05) is 20.6 Å². The number of carbonyl (C=O) groups is 1. The number of aliphatic carboxylic acids is 1. The molecule has 0 amide bonds. The summed E-state index contributed by atoms with van der Waals surface area (Å²) in [6, 6.07) is 6.01. The average Bonchev–Trinajstić information content (AvgIpc) is 2.91. The Hall–Kier alpha value is -2.66. The van der Waals surface area contributed by atoms with Crippen LogP contribution in [0.3, 0.4) is 0 Å². The number of carboxylic acid groups (broad SMARTS) is 1. The van der Waals surface area contributed by atoms with Crippen molar-refractivity contribution >= 4 is 5.97 Å². The number of aromatic nitrogens is 1. The summed E-state index contributed by atoms with van der Waals surface area (Å²) >= 11 is 0. The predicted octanol–water partition coefficient (Wildman–Crippen LogP) is 3.18. The van der Waals surface area contributed by atoms with Crippen molar-refractivity contribution in [3.8, 4) is 22.3 Å². The van der Waals surface area contributed by atoms with Crippen LogP contribution in [-0.4, -0.2) is 41.6 Å². The van der Waals surface area contributed by atoms with Crippen molar-refractivity contribution in [1.82, 2.24) is 9.88 Å². The van der Waals surface area contributed by atoms with E-state index >= 15 is 0 Å². The van der Waals surface area contributed by atoms with Crippen LogP contribution in [0.2, 0.25) is 0 Å². The molecule has 0 atom stereocenters. The molecule has 0 radical (unpaired) electrons. The van der Waals surface area contributed by atoms with Gasteiger partial charge in [-0.3, -0.25) is 9.78 Å². The van der Waals surface area contributed by atoms with Gasteiger partial charge in [0, 0.05) is 30.1 Å². The van der Waals surface area contributed by atoms with Crippen LogP contribution in [0.15, 0.2) is 47.5 Å². The molecule has 0 spiro atoms. The minimum atomic E-state index is -0.855. The molecule has 3 rings (SSSR count). The molecule has 0 unspecified atom stereocenters. The Bertz CT molecular complexity index is 823. The van der Waals surface area contributed by atoms with E-state index < -0.39 is 5.97 Å². The first-order chi connectivity index (χ1) is 11.5. The summed E-state index contributed by atoms with van der Waals surface area (Å²) in [6.07, 6.45) is 7.72. The molecule has 2 heterocycles. The number of likely N-dealkylation sites (N-methyl/N-ethyl adjacent to an activating group) is 1. The fraction of sp³-hybridized carbons (Fsp3) is 0.263. The third-order valence-corrected chi connectivity index (χ3v) is 4.03. The Morgan fingerprint density at radius 2 is 2.04 bits per heavy atom. The van der Waals surface area contributed by atoms with Gasteiger partial charge in [0.25, 0.3) is 0 Å². The van der Waals surface area contributed by atoms with Crippen molar-refractivity contribution in [2.45, 2.75) is 12.8 Å². The molecule has 0 saturated carbocycles. The van der Waals surface area contributed by atoms with E-state index in [9.17, 15) is 4.79 Å². The summed E-state index contributed by atoms with van der Waals surface area (Å²) in [4.78, 5) is 17.3. The maximum Gasteiger partial charge on any atom is 0.307 e. The van der Waals surface area contributed by atoms with Crippen molar-refractivity contribution < 1.29 is 14.3 Å². The minimum absolute atomic E-state index is 0.0255. The number of nitrogens with zero attached hydrogens (tertiary/aromatic N) is 2. The van der Waals surface area contributed by atoms with E-state index in [-0.39, 0.29) is 6.42 Å². The molecule has 24 heavy (non-hydrogen) atoms. The smallest absolute Gasteiger partial charge is 0.307 e. The molecule has 0 aromatic carbocycles. The highest BCUT2D eigenvalue weighted by Gasteiger charge is 2.18. The molecule has 1 N–H and O–H groups in total. The molecule has 1 aliphatic carbocycles. The van der Waals surface area contributed by atoms with Crippen LogP contribution < -0.4 is 0 Å². The molecular formula is C19H20N2O3. The van der Waals surface area contributed by atoms with Crippen molar-refractivity contribution in [3.05, 3.63) is 54.2 Å². The second kappa shape index (κ2) is 6.84. The third kappa shape index (κ3) is 3.46. The third-order valence-electron chi connectivity index (χ3n) is 4.03. The van der Waals surface area contributed by atoms with Gasteiger partial charge in [0.2, 0.25) is 0 Å². The van der Waals surface area contributed by atoms with Crippen LogP contribution in [0.4, 0.5) is 0 Å². The lowest BCUT2D eigenvalue weighted by Gasteiger charge is -2.09. The SMILES string of the molecule is CN(C)CCc1cc(-c2cncc(CC(=O)O)c2)c2ccocc1-2. The first-order valence-corrected chi connectivity index (χ1v) is 7.83. The zero-order chi connectivity index (χ0) is 17.1. The van der Waals surface area contributed by atoms with E-state index in [1.807, 2.05) is 12.1 Å². The van der Waals surface area contributed by atoms with Gasteiger partial charge in [-0.1, -0.05) is 0 Å². The van der Waals surface area contributed by atoms with Gasteiger partial charge in [-0.25, -0.2) is 0 Å². The van der Waals surface area contributed by atoms with Crippen LogP contribution in [0, 0.1) is 0 Å². The van der Waals surface area contributed by atoms with E-state index in [4.69, 9.17) is 9.52 Å². The zero-order valence-corrected chi connectivity index (χ0v) is 13.8. The van der Waals surface area contributed by atoms with Gasteiger partial charge >= 0.3 is 5.97 Å². The van der Waals surface area contributed by atoms with E-state index in [0.717, 1.165) is 35.2 Å². The van der Waals surface area contributed by atoms with Gasteiger partial charge < -0.3 is 14.4 Å². The number of hydrogen-bond acceptors (Lipinski definition) is 4. The quantitative estimate of drug-likeness (QED) is 0.754. The number of carboxylic acids is 1. The lowest BCUT2D eigenvalue weighted by atomic mass is 10.0. The number of fused-ring (bicyclic) bond motifs is 1. The minimum Gasteiger partial charge on any atom is -0.481 e. The highest BCUT2D eigenvalue weighted by Crippen LogP contribution is 2.39. The Morgan fingerprint density at radius 3 is 2.79 bits per heavy atom. The van der Waals surface area contributed by atoms with Crippen LogP contribution in [0.25, 0.3) is 22.3 Å². The summed E-state index contributed by atoms with van der Waals surface area (Å²) in [5.41, 5.74) is 6.11. The molecule has 1 aliphatic heterocycles. The molecule has 0 saturated heterocycles. The molecule has 124 valence electrons. The highest BCUT2D eigenvalue weighted by molar-refractivity contribution is 5.88. The lowest BCUT2D eigenvalue weighted by Crippen LogP contribution is -2.14. The molecule has 1 aromatic heterocycles. The topological polar surface area (TPSA) is 66.6 Å². The average molecular weight is 324 g/mol. The normalized spacial score (nSPS) is 11.3. The Morgan fingerprint density at radius 1 is 1.21 bits per heavy atom. The van der Waals surface area contributed by atoms with Crippen LogP contribution >= 0.6 is 0 Å². The van der Waals surface area contributed by atoms with E-state index in [0.29, 0.717) is 5.56 Å². The van der Waals surface area contributed by atoms with E-state index in [1.165, 1.54) is 5.56 Å². The Kier molecular flexibility index (Phi) is 4.62. The Labute approximate surface area is 140 Å². The summed E-state index contributed by atoms with van der Waals surface area (Å²) in [6.45, 7) is 0.949. The van der Waals surface area contributed by atoms with Gasteiger partial charge in [0.05, 0.1) is 18.9 Å². The highest BCUT2D eigenvalue weighted by atomic mass is 16.4. The maximum atomic E-state index is 10.9. The summed E-state index contributed by atoms with van der Waals surface area (Å²) in [5, 5.41) is 8.98. The van der Waals surface area contributed by atoms with Crippen LogP contribution in [-0.2, 0) is 17.6 Å². The van der Waals surface area contributed by atoms with Gasteiger partial charge in [0.15, 0.2) is 0 Å².